The number of hydrogen-bond acceptors (Lipinski definition) is 6. The van der Waals surface area contributed by atoms with E-state index in [1.165, 1.54) is 0 Å². The number of benzene rings is 7. The lowest BCUT2D eigenvalue weighted by Gasteiger charge is -2.21. The first kappa shape index (κ1) is 37.5. The lowest BCUT2D eigenvalue weighted by atomic mass is 9.96. The van der Waals surface area contributed by atoms with Gasteiger partial charge in [0.05, 0.1) is 22.2 Å². The number of hydrogen-bond donors (Lipinski definition) is 0. The van der Waals surface area contributed by atoms with E-state index < -0.39 is 0 Å². The molecule has 0 aliphatic heterocycles. The minimum Gasteiger partial charge on any atom is -0.422 e. The number of aromatic nitrogens is 1. The minimum atomic E-state index is -0.342. The van der Waals surface area contributed by atoms with Crippen molar-refractivity contribution in [1.29, 1.82) is 0 Å². The third-order valence-electron chi connectivity index (χ3n) is 12.3. The van der Waals surface area contributed by atoms with E-state index >= 15 is 0 Å². The van der Waals surface area contributed by atoms with Crippen molar-refractivity contribution in [3.05, 3.63) is 190 Å². The molecule has 0 atom stereocenters. The molecule has 11 rings (SSSR count). The van der Waals surface area contributed by atoms with Gasteiger partial charge in [-0.25, -0.2) is 9.59 Å². The van der Waals surface area contributed by atoms with Gasteiger partial charge in [0.1, 0.15) is 11.2 Å². The van der Waals surface area contributed by atoms with Crippen molar-refractivity contribution >= 4 is 71.5 Å². The fourth-order valence-corrected chi connectivity index (χ4v) is 10.1. The average molecular weight is 825 g/mol. The highest BCUT2D eigenvalue weighted by Gasteiger charge is 2.19. The van der Waals surface area contributed by atoms with E-state index in [4.69, 9.17) is 8.83 Å². The summed E-state index contributed by atoms with van der Waals surface area (Å²) in [5, 5.41) is 6.28. The standard InChI is InChI=1S/C55H40N2O4S/c1-4-56(5-2)42-21-24-43-33(3)53(55(59)61-50(43)32-42)35-17-15-34(16-18-35)38-19-22-44-45-23-20-39(30-48(45)57(47(44)29-38)41-13-7-6-8-14-41)51-25-26-52(62-51)46-28-40-27-36-11-9-10-12-37(36)31-49(40)60-54(46)58/h6-32H,4-5H2,1-3H3. The van der Waals surface area contributed by atoms with Crippen LogP contribution in [0.5, 0.6) is 0 Å². The van der Waals surface area contributed by atoms with E-state index in [9.17, 15) is 9.59 Å². The molecule has 0 bridgehead atoms. The maximum absolute atomic E-state index is 13.5. The Bertz CT molecular complexity index is 3670. The first-order valence-electron chi connectivity index (χ1n) is 21.0. The molecule has 62 heavy (non-hydrogen) atoms. The van der Waals surface area contributed by atoms with Gasteiger partial charge in [-0.3, -0.25) is 0 Å². The van der Waals surface area contributed by atoms with E-state index in [0.29, 0.717) is 22.3 Å². The lowest BCUT2D eigenvalue weighted by Crippen LogP contribution is -2.21. The topological polar surface area (TPSA) is 68.6 Å². The molecule has 4 heterocycles. The van der Waals surface area contributed by atoms with Gasteiger partial charge in [0.25, 0.3) is 0 Å². The fraction of sp³-hybridized carbons (Fsp3) is 0.0909. The van der Waals surface area contributed by atoms with Crippen molar-refractivity contribution in [2.45, 2.75) is 20.8 Å². The second-order valence-corrected chi connectivity index (χ2v) is 16.9. The van der Waals surface area contributed by atoms with E-state index in [1.807, 2.05) is 67.6 Å². The van der Waals surface area contributed by atoms with Crippen LogP contribution in [0.4, 0.5) is 5.69 Å². The Balaban J connectivity index is 0.964. The number of nitrogens with zero attached hydrogens (tertiary/aromatic N) is 2. The van der Waals surface area contributed by atoms with Crippen molar-refractivity contribution in [2.75, 3.05) is 18.0 Å². The summed E-state index contributed by atoms with van der Waals surface area (Å²) in [7, 11) is 0. The van der Waals surface area contributed by atoms with Crippen LogP contribution in [-0.4, -0.2) is 17.7 Å². The molecule has 7 heteroatoms. The molecule has 0 amide bonds. The molecule has 0 aliphatic carbocycles. The SMILES string of the molecule is CCN(CC)c1ccc2c(C)c(-c3ccc(-c4ccc5c6ccc(-c7ccc(-c8cc9cc%10ccccc%10cc9oc8=O)s7)cc6n(-c6ccccc6)c5c4)cc3)c(=O)oc2c1. The summed E-state index contributed by atoms with van der Waals surface area (Å²) < 4.78 is 14.1. The van der Waals surface area contributed by atoms with E-state index in [-0.39, 0.29) is 11.3 Å². The zero-order chi connectivity index (χ0) is 42.1. The molecule has 0 radical (unpaired) electrons. The van der Waals surface area contributed by atoms with Gasteiger partial charge in [-0.15, -0.1) is 11.3 Å². The van der Waals surface area contributed by atoms with Crippen LogP contribution in [0, 0.1) is 6.92 Å². The largest absolute Gasteiger partial charge is 0.422 e. The number of rotatable bonds is 8. The van der Waals surface area contributed by atoms with Gasteiger partial charge in [0, 0.05) is 61.8 Å². The predicted molar refractivity (Wildman–Crippen MR) is 258 cm³/mol. The quantitative estimate of drug-likeness (QED) is 0.113. The predicted octanol–water partition coefficient (Wildman–Crippen LogP) is 14.0. The number of anilines is 1. The van der Waals surface area contributed by atoms with Crippen LogP contribution in [0.1, 0.15) is 19.4 Å². The zero-order valence-electron chi connectivity index (χ0n) is 34.4. The Labute approximate surface area is 361 Å². The van der Waals surface area contributed by atoms with Crippen molar-refractivity contribution < 1.29 is 8.83 Å². The molecular formula is C55H40N2O4S. The third-order valence-corrected chi connectivity index (χ3v) is 13.5. The van der Waals surface area contributed by atoms with Gasteiger partial charge >= 0.3 is 11.3 Å². The third kappa shape index (κ3) is 6.24. The van der Waals surface area contributed by atoms with E-state index in [0.717, 1.165) is 105 Å². The van der Waals surface area contributed by atoms with Gasteiger partial charge in [-0.05, 0) is 126 Å². The number of thiophene rings is 1. The molecule has 6 nitrogen and oxygen atoms in total. The molecule has 4 aromatic heterocycles. The second-order valence-electron chi connectivity index (χ2n) is 15.8. The molecule has 0 saturated carbocycles. The molecular weight excluding hydrogens is 785 g/mol. The van der Waals surface area contributed by atoms with E-state index in [1.54, 1.807) is 11.3 Å². The van der Waals surface area contributed by atoms with Gasteiger partial charge in [-0.1, -0.05) is 91.0 Å². The zero-order valence-corrected chi connectivity index (χ0v) is 35.3. The minimum absolute atomic E-state index is 0.334. The number of aryl methyl sites for hydroxylation is 1. The van der Waals surface area contributed by atoms with Crippen LogP contribution in [0.25, 0.3) is 103 Å². The average Bonchev–Trinajstić information content (AvgIpc) is 3.92. The smallest absolute Gasteiger partial charge is 0.345 e. The van der Waals surface area contributed by atoms with Crippen LogP contribution < -0.4 is 16.2 Å². The van der Waals surface area contributed by atoms with Gasteiger partial charge < -0.3 is 18.3 Å². The van der Waals surface area contributed by atoms with Crippen molar-refractivity contribution in [3.8, 4) is 48.8 Å². The first-order chi connectivity index (χ1) is 30.3. The first-order valence-corrected chi connectivity index (χ1v) is 21.8. The Morgan fingerprint density at radius 2 is 1.13 bits per heavy atom. The second kappa shape index (κ2) is 14.9. The molecule has 0 N–H and O–H groups in total. The molecule has 0 spiro atoms. The molecule has 0 saturated heterocycles. The van der Waals surface area contributed by atoms with Crippen LogP contribution in [-0.2, 0) is 0 Å². The summed E-state index contributed by atoms with van der Waals surface area (Å²) in [6.45, 7) is 8.01. The number of fused-ring (bicyclic) bond motifs is 6. The van der Waals surface area contributed by atoms with Gasteiger partial charge in [-0.2, -0.15) is 0 Å². The highest BCUT2D eigenvalue weighted by molar-refractivity contribution is 7.18. The Morgan fingerprint density at radius 1 is 0.516 bits per heavy atom. The summed E-state index contributed by atoms with van der Waals surface area (Å²) in [6.07, 6.45) is 0. The van der Waals surface area contributed by atoms with Crippen LogP contribution >= 0.6 is 11.3 Å². The molecule has 0 fully saturated rings. The molecule has 300 valence electrons. The Morgan fingerprint density at radius 3 is 1.87 bits per heavy atom. The normalized spacial score (nSPS) is 11.7. The fourth-order valence-electron chi connectivity index (χ4n) is 9.12. The Kier molecular flexibility index (Phi) is 9.02. The lowest BCUT2D eigenvalue weighted by molar-refractivity contribution is 0.562. The maximum Gasteiger partial charge on any atom is 0.345 e. The molecule has 0 aliphatic rings. The van der Waals surface area contributed by atoms with Crippen LogP contribution in [0.2, 0.25) is 0 Å². The summed E-state index contributed by atoms with van der Waals surface area (Å²) in [5.41, 5.74) is 10.9. The number of para-hydroxylation sites is 1. The van der Waals surface area contributed by atoms with E-state index in [2.05, 4.69) is 126 Å². The summed E-state index contributed by atoms with van der Waals surface area (Å²) in [5.74, 6) is 0. The van der Waals surface area contributed by atoms with Crippen LogP contribution in [0.15, 0.2) is 182 Å². The summed E-state index contributed by atoms with van der Waals surface area (Å²) >= 11 is 1.59. The van der Waals surface area contributed by atoms with Crippen molar-refractivity contribution in [3.63, 3.8) is 0 Å². The molecule has 0 unspecified atom stereocenters. The van der Waals surface area contributed by atoms with Crippen molar-refractivity contribution in [2.24, 2.45) is 0 Å². The summed E-state index contributed by atoms with van der Waals surface area (Å²) in [6, 6.07) is 56.3. The summed E-state index contributed by atoms with van der Waals surface area (Å²) in [4.78, 5) is 31.0. The molecule has 11 aromatic rings. The highest BCUT2D eigenvalue weighted by Crippen LogP contribution is 2.40. The van der Waals surface area contributed by atoms with Crippen LogP contribution in [0.3, 0.4) is 0 Å². The molecule has 7 aromatic carbocycles. The van der Waals surface area contributed by atoms with Crippen molar-refractivity contribution in [1.82, 2.24) is 4.57 Å². The maximum atomic E-state index is 13.5. The van der Waals surface area contributed by atoms with Gasteiger partial charge in [0.15, 0.2) is 0 Å². The monoisotopic (exact) mass is 824 g/mol. The Hall–Kier alpha value is -7.48. The highest BCUT2D eigenvalue weighted by atomic mass is 32.1. The van der Waals surface area contributed by atoms with Gasteiger partial charge in [0.2, 0.25) is 0 Å².